The number of hydrogen-bond acceptors (Lipinski definition) is 4. The van der Waals surface area contributed by atoms with Crippen molar-refractivity contribution >= 4 is 5.91 Å². The second kappa shape index (κ2) is 9.25. The molecule has 1 unspecified atom stereocenters. The molecule has 150 valence electrons. The predicted octanol–water partition coefficient (Wildman–Crippen LogP) is 2.27. The smallest absolute Gasteiger partial charge is 0.271 e. The van der Waals surface area contributed by atoms with Crippen molar-refractivity contribution in [3.05, 3.63) is 94.2 Å². The second-order valence-corrected chi connectivity index (χ2v) is 6.96. The number of carbonyl (C=O) groups excluding carboxylic acids is 1. The van der Waals surface area contributed by atoms with Crippen LogP contribution in [-0.4, -0.2) is 47.3 Å². The average molecular weight is 394 g/mol. The van der Waals surface area contributed by atoms with E-state index in [-0.39, 0.29) is 17.6 Å². The lowest BCUT2D eigenvalue weighted by Gasteiger charge is -2.24. The van der Waals surface area contributed by atoms with E-state index in [1.165, 1.54) is 42.0 Å². The van der Waals surface area contributed by atoms with Crippen LogP contribution in [0, 0.1) is 5.82 Å². The van der Waals surface area contributed by atoms with Crippen LogP contribution in [0.15, 0.2) is 71.5 Å². The molecule has 0 aliphatic carbocycles. The molecule has 1 amide bonds. The summed E-state index contributed by atoms with van der Waals surface area (Å²) >= 11 is 0. The Morgan fingerprint density at radius 3 is 2.41 bits per heavy atom. The Bertz CT molecular complexity index is 1020. The van der Waals surface area contributed by atoms with Crippen LogP contribution >= 0.6 is 0 Å². The number of carbonyl (C=O) groups is 1. The van der Waals surface area contributed by atoms with Crippen molar-refractivity contribution in [2.45, 2.75) is 12.5 Å². The van der Waals surface area contributed by atoms with E-state index in [4.69, 9.17) is 0 Å². The molecule has 1 atom stereocenters. The number of hydrogen-bond donors (Lipinski definition) is 1. The summed E-state index contributed by atoms with van der Waals surface area (Å²) in [5.41, 5.74) is 1.29. The Balaban J connectivity index is 1.72. The van der Waals surface area contributed by atoms with Crippen LogP contribution in [0.5, 0.6) is 0 Å². The van der Waals surface area contributed by atoms with E-state index in [0.29, 0.717) is 12.2 Å². The van der Waals surface area contributed by atoms with Gasteiger partial charge in [0.15, 0.2) is 0 Å². The van der Waals surface area contributed by atoms with E-state index in [2.05, 4.69) is 27.4 Å². The summed E-state index contributed by atoms with van der Waals surface area (Å²) in [6.07, 6.45) is 0.788. The number of nitrogens with one attached hydrogen (secondary N) is 1. The van der Waals surface area contributed by atoms with Crippen LogP contribution in [-0.2, 0) is 6.42 Å². The molecule has 1 N–H and O–H groups in total. The van der Waals surface area contributed by atoms with Gasteiger partial charge in [-0.3, -0.25) is 9.59 Å². The summed E-state index contributed by atoms with van der Waals surface area (Å²) in [5, 5.41) is 7.02. The summed E-state index contributed by atoms with van der Waals surface area (Å²) in [5.74, 6) is -0.787. The third-order valence-corrected chi connectivity index (χ3v) is 4.65. The van der Waals surface area contributed by atoms with Crippen molar-refractivity contribution in [1.82, 2.24) is 20.0 Å². The molecule has 29 heavy (non-hydrogen) atoms. The summed E-state index contributed by atoms with van der Waals surface area (Å²) in [7, 11) is 3.93. The summed E-state index contributed by atoms with van der Waals surface area (Å²) in [6, 6.07) is 18.2. The van der Waals surface area contributed by atoms with Gasteiger partial charge in [0.1, 0.15) is 11.5 Å². The Hall–Kier alpha value is -3.32. The van der Waals surface area contributed by atoms with Gasteiger partial charge in [-0.15, -0.1) is 0 Å². The first kappa shape index (κ1) is 20.4. The maximum absolute atomic E-state index is 13.1. The average Bonchev–Trinajstić information content (AvgIpc) is 2.72. The van der Waals surface area contributed by atoms with Gasteiger partial charge >= 0.3 is 0 Å². The number of amides is 1. The van der Waals surface area contributed by atoms with Gasteiger partial charge in [0.05, 0.1) is 5.69 Å². The Morgan fingerprint density at radius 2 is 1.76 bits per heavy atom. The van der Waals surface area contributed by atoms with Gasteiger partial charge in [0.25, 0.3) is 11.5 Å². The number of nitrogens with zero attached hydrogens (tertiary/aromatic N) is 3. The fourth-order valence-corrected chi connectivity index (χ4v) is 2.92. The zero-order chi connectivity index (χ0) is 20.8. The Labute approximate surface area is 168 Å². The molecule has 3 rings (SSSR count). The topological polar surface area (TPSA) is 67.2 Å². The first-order valence-corrected chi connectivity index (χ1v) is 9.29. The molecule has 2 aromatic carbocycles. The highest BCUT2D eigenvalue weighted by atomic mass is 19.1. The lowest BCUT2D eigenvalue weighted by molar-refractivity contribution is 0.0935. The van der Waals surface area contributed by atoms with Crippen LogP contribution in [0.3, 0.4) is 0 Å². The molecule has 0 aliphatic rings. The number of halogens is 1. The second-order valence-electron chi connectivity index (χ2n) is 6.96. The SMILES string of the molecule is CN(C)C(CNC(=O)c1ccc(=O)n(-c2ccc(F)cc2)n1)Cc1ccccc1. The van der Waals surface area contributed by atoms with Crippen molar-refractivity contribution in [3.8, 4) is 5.69 Å². The summed E-state index contributed by atoms with van der Waals surface area (Å²) in [4.78, 5) is 26.8. The number of likely N-dealkylation sites (N-methyl/N-ethyl adjacent to an activating group) is 1. The lowest BCUT2D eigenvalue weighted by atomic mass is 10.1. The third-order valence-electron chi connectivity index (χ3n) is 4.65. The van der Waals surface area contributed by atoms with Crippen molar-refractivity contribution in [3.63, 3.8) is 0 Å². The molecule has 0 spiro atoms. The van der Waals surface area contributed by atoms with Gasteiger partial charge < -0.3 is 10.2 Å². The monoisotopic (exact) mass is 394 g/mol. The number of benzene rings is 2. The van der Waals surface area contributed by atoms with E-state index in [1.54, 1.807) is 0 Å². The van der Waals surface area contributed by atoms with Gasteiger partial charge in [-0.25, -0.2) is 4.39 Å². The van der Waals surface area contributed by atoms with E-state index in [1.807, 2.05) is 32.3 Å². The van der Waals surface area contributed by atoms with Crippen molar-refractivity contribution in [2.75, 3.05) is 20.6 Å². The summed E-state index contributed by atoms with van der Waals surface area (Å²) < 4.78 is 14.2. The van der Waals surface area contributed by atoms with Crippen LogP contribution in [0.4, 0.5) is 4.39 Å². The minimum Gasteiger partial charge on any atom is -0.349 e. The minimum absolute atomic E-state index is 0.101. The quantitative estimate of drug-likeness (QED) is 0.668. The highest BCUT2D eigenvalue weighted by Gasteiger charge is 2.16. The number of rotatable bonds is 7. The largest absolute Gasteiger partial charge is 0.349 e. The Morgan fingerprint density at radius 1 is 1.07 bits per heavy atom. The van der Waals surface area contributed by atoms with E-state index in [0.717, 1.165) is 11.1 Å². The molecule has 1 aromatic heterocycles. The van der Waals surface area contributed by atoms with Crippen LogP contribution in [0.25, 0.3) is 5.69 Å². The first-order valence-electron chi connectivity index (χ1n) is 9.29. The maximum atomic E-state index is 13.1. The molecule has 3 aromatic rings. The molecule has 0 saturated carbocycles. The van der Waals surface area contributed by atoms with E-state index in [9.17, 15) is 14.0 Å². The molecule has 0 fully saturated rings. The highest BCUT2D eigenvalue weighted by molar-refractivity contribution is 5.92. The molecule has 6 nitrogen and oxygen atoms in total. The minimum atomic E-state index is -0.413. The highest BCUT2D eigenvalue weighted by Crippen LogP contribution is 2.08. The van der Waals surface area contributed by atoms with Gasteiger partial charge in [-0.2, -0.15) is 9.78 Å². The van der Waals surface area contributed by atoms with Crippen molar-refractivity contribution in [1.29, 1.82) is 0 Å². The van der Waals surface area contributed by atoms with Gasteiger partial charge in [0.2, 0.25) is 0 Å². The fourth-order valence-electron chi connectivity index (χ4n) is 2.92. The normalized spacial score (nSPS) is 12.0. The van der Waals surface area contributed by atoms with E-state index < -0.39 is 11.4 Å². The van der Waals surface area contributed by atoms with Gasteiger partial charge in [-0.05, 0) is 56.4 Å². The van der Waals surface area contributed by atoms with E-state index >= 15 is 0 Å². The molecular formula is C22H23FN4O2. The first-order chi connectivity index (χ1) is 13.9. The Kier molecular flexibility index (Phi) is 6.51. The number of aromatic nitrogens is 2. The van der Waals surface area contributed by atoms with Crippen molar-refractivity contribution in [2.24, 2.45) is 0 Å². The molecule has 0 aliphatic heterocycles. The standard InChI is InChI=1S/C22H23FN4O2/c1-26(2)19(14-16-6-4-3-5-7-16)15-24-22(29)20-12-13-21(28)27(25-20)18-10-8-17(23)9-11-18/h3-13,19H,14-15H2,1-2H3,(H,24,29). The third kappa shape index (κ3) is 5.36. The molecule has 1 heterocycles. The fraction of sp³-hybridized carbons (Fsp3) is 0.227. The molecule has 0 radical (unpaired) electrons. The van der Waals surface area contributed by atoms with Crippen molar-refractivity contribution < 1.29 is 9.18 Å². The molecule has 7 heteroatoms. The van der Waals surface area contributed by atoms with Gasteiger partial charge in [-0.1, -0.05) is 30.3 Å². The lowest BCUT2D eigenvalue weighted by Crippen LogP contribution is -2.42. The predicted molar refractivity (Wildman–Crippen MR) is 110 cm³/mol. The van der Waals surface area contributed by atoms with Gasteiger partial charge in [0, 0.05) is 18.7 Å². The molecular weight excluding hydrogens is 371 g/mol. The summed E-state index contributed by atoms with van der Waals surface area (Å²) in [6.45, 7) is 0.429. The zero-order valence-electron chi connectivity index (χ0n) is 16.4. The van der Waals surface area contributed by atoms with Crippen LogP contribution in [0.2, 0.25) is 0 Å². The van der Waals surface area contributed by atoms with Crippen LogP contribution in [0.1, 0.15) is 16.1 Å². The maximum Gasteiger partial charge on any atom is 0.271 e. The van der Waals surface area contributed by atoms with Crippen LogP contribution < -0.4 is 10.9 Å². The molecule has 0 bridgehead atoms. The zero-order valence-corrected chi connectivity index (χ0v) is 16.4. The molecule has 0 saturated heterocycles.